The SMILES string of the molecule is COc1ccc(C(=O)N/N=C\c2cccc(Br)c2)cc1. The predicted molar refractivity (Wildman–Crippen MR) is 82.2 cm³/mol. The number of halogens is 1. The Balaban J connectivity index is 1.97. The van der Waals surface area contributed by atoms with Gasteiger partial charge < -0.3 is 4.74 Å². The van der Waals surface area contributed by atoms with E-state index in [4.69, 9.17) is 4.74 Å². The first-order valence-electron chi connectivity index (χ1n) is 5.92. The second-order valence-corrected chi connectivity index (χ2v) is 4.90. The Morgan fingerprint density at radius 3 is 2.65 bits per heavy atom. The van der Waals surface area contributed by atoms with Gasteiger partial charge in [0.05, 0.1) is 13.3 Å². The highest BCUT2D eigenvalue weighted by molar-refractivity contribution is 9.10. The van der Waals surface area contributed by atoms with Crippen molar-refractivity contribution in [2.75, 3.05) is 7.11 Å². The highest BCUT2D eigenvalue weighted by Crippen LogP contribution is 2.11. The van der Waals surface area contributed by atoms with E-state index in [0.717, 1.165) is 10.0 Å². The van der Waals surface area contributed by atoms with Crippen molar-refractivity contribution in [1.29, 1.82) is 0 Å². The number of nitrogens with zero attached hydrogens (tertiary/aromatic N) is 1. The summed E-state index contributed by atoms with van der Waals surface area (Å²) in [7, 11) is 1.58. The molecule has 4 nitrogen and oxygen atoms in total. The molecule has 0 bridgehead atoms. The van der Waals surface area contributed by atoms with E-state index in [2.05, 4.69) is 26.5 Å². The van der Waals surface area contributed by atoms with Crippen LogP contribution in [0.1, 0.15) is 15.9 Å². The molecule has 0 fully saturated rings. The van der Waals surface area contributed by atoms with Crippen LogP contribution in [0, 0.1) is 0 Å². The summed E-state index contributed by atoms with van der Waals surface area (Å²) < 4.78 is 5.99. The van der Waals surface area contributed by atoms with Crippen LogP contribution in [-0.4, -0.2) is 19.2 Å². The molecule has 0 radical (unpaired) electrons. The van der Waals surface area contributed by atoms with Gasteiger partial charge in [0, 0.05) is 10.0 Å². The van der Waals surface area contributed by atoms with E-state index in [0.29, 0.717) is 11.3 Å². The van der Waals surface area contributed by atoms with E-state index in [9.17, 15) is 4.79 Å². The van der Waals surface area contributed by atoms with Crippen molar-refractivity contribution in [3.63, 3.8) is 0 Å². The Labute approximate surface area is 125 Å². The van der Waals surface area contributed by atoms with Crippen LogP contribution in [0.2, 0.25) is 0 Å². The summed E-state index contributed by atoms with van der Waals surface area (Å²) in [5.74, 6) is 0.443. The largest absolute Gasteiger partial charge is 0.497 e. The molecule has 102 valence electrons. The van der Waals surface area contributed by atoms with Gasteiger partial charge in [-0.15, -0.1) is 0 Å². The average molecular weight is 333 g/mol. The monoisotopic (exact) mass is 332 g/mol. The minimum atomic E-state index is -0.265. The lowest BCUT2D eigenvalue weighted by Crippen LogP contribution is -2.17. The maximum absolute atomic E-state index is 11.8. The molecule has 0 saturated heterocycles. The lowest BCUT2D eigenvalue weighted by molar-refractivity contribution is 0.0955. The van der Waals surface area contributed by atoms with Gasteiger partial charge in [-0.05, 0) is 42.0 Å². The van der Waals surface area contributed by atoms with Gasteiger partial charge in [-0.3, -0.25) is 4.79 Å². The molecule has 2 rings (SSSR count). The maximum atomic E-state index is 11.8. The fourth-order valence-corrected chi connectivity index (χ4v) is 1.98. The molecule has 0 atom stereocenters. The number of amides is 1. The molecule has 0 heterocycles. The Morgan fingerprint density at radius 1 is 1.25 bits per heavy atom. The standard InChI is InChI=1S/C15H13BrN2O2/c1-20-14-7-5-12(6-8-14)15(19)18-17-10-11-3-2-4-13(16)9-11/h2-10H,1H3,(H,18,19)/b17-10-. The van der Waals surface area contributed by atoms with Gasteiger partial charge in [0.1, 0.15) is 5.75 Å². The fourth-order valence-electron chi connectivity index (χ4n) is 1.56. The van der Waals surface area contributed by atoms with Crippen molar-refractivity contribution in [1.82, 2.24) is 5.43 Å². The van der Waals surface area contributed by atoms with Gasteiger partial charge >= 0.3 is 0 Å². The number of methoxy groups -OCH3 is 1. The van der Waals surface area contributed by atoms with Crippen LogP contribution < -0.4 is 10.2 Å². The zero-order chi connectivity index (χ0) is 14.4. The highest BCUT2D eigenvalue weighted by atomic mass is 79.9. The summed E-state index contributed by atoms with van der Waals surface area (Å²) >= 11 is 3.37. The first-order chi connectivity index (χ1) is 9.69. The third kappa shape index (κ3) is 3.93. The number of benzene rings is 2. The number of ether oxygens (including phenoxy) is 1. The molecule has 0 spiro atoms. The molecule has 0 aliphatic heterocycles. The van der Waals surface area contributed by atoms with Crippen LogP contribution in [-0.2, 0) is 0 Å². The molecule has 2 aromatic rings. The number of rotatable bonds is 4. The molecular weight excluding hydrogens is 320 g/mol. The summed E-state index contributed by atoms with van der Waals surface area (Å²) in [6, 6.07) is 14.5. The topological polar surface area (TPSA) is 50.7 Å². The first-order valence-corrected chi connectivity index (χ1v) is 6.71. The lowest BCUT2D eigenvalue weighted by Gasteiger charge is -2.02. The quantitative estimate of drug-likeness (QED) is 0.690. The van der Waals surface area contributed by atoms with Gasteiger partial charge in [-0.2, -0.15) is 5.10 Å². The van der Waals surface area contributed by atoms with Crippen molar-refractivity contribution in [3.8, 4) is 5.75 Å². The smallest absolute Gasteiger partial charge is 0.271 e. The van der Waals surface area contributed by atoms with Crippen LogP contribution in [0.3, 0.4) is 0 Å². The van der Waals surface area contributed by atoms with E-state index in [1.165, 1.54) is 0 Å². The number of hydrogen-bond donors (Lipinski definition) is 1. The summed E-state index contributed by atoms with van der Waals surface area (Å²) in [4.78, 5) is 11.8. The van der Waals surface area contributed by atoms with Gasteiger partial charge in [0.15, 0.2) is 0 Å². The number of hydrazone groups is 1. The predicted octanol–water partition coefficient (Wildman–Crippen LogP) is 3.22. The molecule has 0 saturated carbocycles. The normalized spacial score (nSPS) is 10.5. The molecular formula is C15H13BrN2O2. The summed E-state index contributed by atoms with van der Waals surface area (Å²) in [6.07, 6.45) is 1.59. The lowest BCUT2D eigenvalue weighted by atomic mass is 10.2. The number of carbonyl (C=O) groups is 1. The van der Waals surface area contributed by atoms with Crippen LogP contribution in [0.15, 0.2) is 58.1 Å². The van der Waals surface area contributed by atoms with Gasteiger partial charge in [0.25, 0.3) is 5.91 Å². The molecule has 1 amide bonds. The Bertz CT molecular complexity index is 624. The van der Waals surface area contributed by atoms with E-state index < -0.39 is 0 Å². The molecule has 0 aliphatic rings. The number of hydrogen-bond acceptors (Lipinski definition) is 3. The summed E-state index contributed by atoms with van der Waals surface area (Å²) in [5.41, 5.74) is 3.90. The van der Waals surface area contributed by atoms with Crippen molar-refractivity contribution < 1.29 is 9.53 Å². The highest BCUT2D eigenvalue weighted by Gasteiger charge is 2.03. The Hall–Kier alpha value is -2.14. The molecule has 0 aliphatic carbocycles. The van der Waals surface area contributed by atoms with Gasteiger partial charge in [0.2, 0.25) is 0 Å². The Morgan fingerprint density at radius 2 is 2.00 bits per heavy atom. The average Bonchev–Trinajstić information content (AvgIpc) is 2.47. The van der Waals surface area contributed by atoms with Crippen molar-refractivity contribution >= 4 is 28.1 Å². The van der Waals surface area contributed by atoms with Crippen LogP contribution in [0.5, 0.6) is 5.75 Å². The van der Waals surface area contributed by atoms with Crippen molar-refractivity contribution in [2.24, 2.45) is 5.10 Å². The van der Waals surface area contributed by atoms with Gasteiger partial charge in [-0.25, -0.2) is 5.43 Å². The second kappa shape index (κ2) is 6.86. The molecule has 20 heavy (non-hydrogen) atoms. The van der Waals surface area contributed by atoms with E-state index >= 15 is 0 Å². The van der Waals surface area contributed by atoms with Crippen molar-refractivity contribution in [2.45, 2.75) is 0 Å². The maximum Gasteiger partial charge on any atom is 0.271 e. The first kappa shape index (κ1) is 14.3. The zero-order valence-electron chi connectivity index (χ0n) is 10.8. The van der Waals surface area contributed by atoms with Crippen molar-refractivity contribution in [3.05, 3.63) is 64.1 Å². The number of nitrogens with one attached hydrogen (secondary N) is 1. The van der Waals surface area contributed by atoms with E-state index in [-0.39, 0.29) is 5.91 Å². The van der Waals surface area contributed by atoms with E-state index in [1.54, 1.807) is 37.6 Å². The minimum Gasteiger partial charge on any atom is -0.497 e. The van der Waals surface area contributed by atoms with Crippen LogP contribution in [0.4, 0.5) is 0 Å². The summed E-state index contributed by atoms with van der Waals surface area (Å²) in [6.45, 7) is 0. The molecule has 5 heteroatoms. The Kier molecular flexibility index (Phi) is 4.90. The van der Waals surface area contributed by atoms with E-state index in [1.807, 2.05) is 24.3 Å². The minimum absolute atomic E-state index is 0.265. The summed E-state index contributed by atoms with van der Waals surface area (Å²) in [5, 5.41) is 3.92. The van der Waals surface area contributed by atoms with Gasteiger partial charge in [-0.1, -0.05) is 28.1 Å². The third-order valence-electron chi connectivity index (χ3n) is 2.58. The van der Waals surface area contributed by atoms with Crippen LogP contribution in [0.25, 0.3) is 0 Å². The zero-order valence-corrected chi connectivity index (χ0v) is 12.4. The molecule has 1 N–H and O–H groups in total. The fraction of sp³-hybridized carbons (Fsp3) is 0.0667. The number of carbonyl (C=O) groups excluding carboxylic acids is 1. The molecule has 0 unspecified atom stereocenters. The van der Waals surface area contributed by atoms with Crippen LogP contribution >= 0.6 is 15.9 Å². The molecule has 2 aromatic carbocycles. The molecule has 0 aromatic heterocycles. The second-order valence-electron chi connectivity index (χ2n) is 3.98. The third-order valence-corrected chi connectivity index (χ3v) is 3.07.